The molecule has 0 N–H and O–H groups in total. The summed E-state index contributed by atoms with van der Waals surface area (Å²) in [7, 11) is 0. The molecule has 1 aliphatic rings. The summed E-state index contributed by atoms with van der Waals surface area (Å²) in [5.41, 5.74) is 2.42. The Morgan fingerprint density at radius 3 is 1.90 bits per heavy atom. The standard InChI is InChI=1S/C17H11ClO2/c18-10-14-15(11-6-2-1-3-7-11)17(20)13-9-5-4-8-12(13)16(14)19/h1-9H,10H2. The number of rotatable bonds is 2. The average Bonchev–Trinajstić information content (AvgIpc) is 2.51. The van der Waals surface area contributed by atoms with Crippen molar-refractivity contribution in [3.8, 4) is 0 Å². The zero-order chi connectivity index (χ0) is 14.1. The lowest BCUT2D eigenvalue weighted by atomic mass is 9.82. The molecule has 0 spiro atoms. The van der Waals surface area contributed by atoms with E-state index in [1.54, 1.807) is 24.3 Å². The minimum Gasteiger partial charge on any atom is -0.289 e. The van der Waals surface area contributed by atoms with Gasteiger partial charge in [0.15, 0.2) is 11.6 Å². The largest absolute Gasteiger partial charge is 0.289 e. The Bertz CT molecular complexity index is 730. The van der Waals surface area contributed by atoms with E-state index in [1.165, 1.54) is 0 Å². The van der Waals surface area contributed by atoms with Gasteiger partial charge in [0.2, 0.25) is 0 Å². The number of carbonyl (C=O) groups excluding carboxylic acids is 2. The molecule has 0 fully saturated rings. The highest BCUT2D eigenvalue weighted by molar-refractivity contribution is 6.42. The molecule has 20 heavy (non-hydrogen) atoms. The van der Waals surface area contributed by atoms with Gasteiger partial charge < -0.3 is 0 Å². The van der Waals surface area contributed by atoms with E-state index in [-0.39, 0.29) is 17.4 Å². The van der Waals surface area contributed by atoms with E-state index >= 15 is 0 Å². The Morgan fingerprint density at radius 2 is 1.30 bits per heavy atom. The summed E-state index contributed by atoms with van der Waals surface area (Å²) in [6, 6.07) is 16.1. The number of ketones is 2. The first-order valence-corrected chi connectivity index (χ1v) is 6.80. The Kier molecular flexibility index (Phi) is 3.25. The van der Waals surface area contributed by atoms with Crippen molar-refractivity contribution in [2.45, 2.75) is 0 Å². The maximum absolute atomic E-state index is 12.7. The van der Waals surface area contributed by atoms with Crippen molar-refractivity contribution in [1.29, 1.82) is 0 Å². The molecule has 0 saturated heterocycles. The van der Waals surface area contributed by atoms with Crippen LogP contribution in [-0.2, 0) is 0 Å². The Labute approximate surface area is 121 Å². The second kappa shape index (κ2) is 5.06. The van der Waals surface area contributed by atoms with E-state index in [9.17, 15) is 9.59 Å². The molecular formula is C17H11ClO2. The zero-order valence-electron chi connectivity index (χ0n) is 10.6. The quantitative estimate of drug-likeness (QED) is 0.786. The molecule has 3 rings (SSSR count). The molecule has 2 aromatic carbocycles. The number of Topliss-reactive ketones (excluding diaryl/α,β-unsaturated/α-hetero) is 2. The summed E-state index contributed by atoms with van der Waals surface area (Å²) in [6.07, 6.45) is 0. The van der Waals surface area contributed by atoms with Crippen LogP contribution in [0.25, 0.3) is 5.57 Å². The summed E-state index contributed by atoms with van der Waals surface area (Å²) in [5.74, 6) is -0.264. The highest BCUT2D eigenvalue weighted by Crippen LogP contribution is 2.32. The van der Waals surface area contributed by atoms with Crippen LogP contribution in [0.3, 0.4) is 0 Å². The van der Waals surface area contributed by atoms with Gasteiger partial charge in [-0.3, -0.25) is 9.59 Å². The Hall–Kier alpha value is -2.19. The lowest BCUT2D eigenvalue weighted by Gasteiger charge is -2.20. The summed E-state index contributed by atoms with van der Waals surface area (Å²) in [4.78, 5) is 25.1. The first-order chi connectivity index (χ1) is 9.74. The molecule has 0 aromatic heterocycles. The van der Waals surface area contributed by atoms with Crippen LogP contribution in [0.4, 0.5) is 0 Å². The predicted octanol–water partition coefficient (Wildman–Crippen LogP) is 3.76. The van der Waals surface area contributed by atoms with Crippen LogP contribution in [0.1, 0.15) is 26.3 Å². The highest BCUT2D eigenvalue weighted by Gasteiger charge is 2.31. The molecule has 3 heteroatoms. The predicted molar refractivity (Wildman–Crippen MR) is 79.2 cm³/mol. The van der Waals surface area contributed by atoms with Gasteiger partial charge in [0.25, 0.3) is 0 Å². The van der Waals surface area contributed by atoms with Gasteiger partial charge >= 0.3 is 0 Å². The van der Waals surface area contributed by atoms with Crippen molar-refractivity contribution < 1.29 is 9.59 Å². The molecule has 0 atom stereocenters. The van der Waals surface area contributed by atoms with Gasteiger partial charge in [-0.15, -0.1) is 11.6 Å². The van der Waals surface area contributed by atoms with E-state index < -0.39 is 0 Å². The number of hydrogen-bond acceptors (Lipinski definition) is 2. The number of halogens is 1. The van der Waals surface area contributed by atoms with Crippen molar-refractivity contribution in [3.05, 3.63) is 76.9 Å². The summed E-state index contributed by atoms with van der Waals surface area (Å²) in [5, 5.41) is 0. The third-order valence-electron chi connectivity index (χ3n) is 3.42. The maximum atomic E-state index is 12.7. The van der Waals surface area contributed by atoms with Gasteiger partial charge in [-0.05, 0) is 5.56 Å². The summed E-state index contributed by atoms with van der Waals surface area (Å²) >= 11 is 5.92. The Morgan fingerprint density at radius 1 is 0.750 bits per heavy atom. The number of carbonyl (C=O) groups is 2. The first kappa shape index (κ1) is 12.8. The second-order valence-electron chi connectivity index (χ2n) is 4.56. The molecule has 98 valence electrons. The maximum Gasteiger partial charge on any atom is 0.194 e. The molecule has 0 unspecified atom stereocenters. The molecular weight excluding hydrogens is 272 g/mol. The van der Waals surface area contributed by atoms with Crippen molar-refractivity contribution in [3.63, 3.8) is 0 Å². The van der Waals surface area contributed by atoms with Crippen LogP contribution in [0.5, 0.6) is 0 Å². The van der Waals surface area contributed by atoms with E-state index in [0.29, 0.717) is 22.3 Å². The van der Waals surface area contributed by atoms with Gasteiger partial charge in [-0.2, -0.15) is 0 Å². The minimum atomic E-state index is -0.158. The smallest absolute Gasteiger partial charge is 0.194 e. The minimum absolute atomic E-state index is 0.0309. The monoisotopic (exact) mass is 282 g/mol. The normalized spacial score (nSPS) is 14.4. The second-order valence-corrected chi connectivity index (χ2v) is 4.82. The first-order valence-electron chi connectivity index (χ1n) is 6.27. The van der Waals surface area contributed by atoms with Gasteiger partial charge in [-0.1, -0.05) is 54.6 Å². The number of hydrogen-bond donors (Lipinski definition) is 0. The molecule has 0 aliphatic heterocycles. The number of allylic oxidation sites excluding steroid dienone is 2. The SMILES string of the molecule is O=C1C(CCl)=C(c2ccccc2)C(=O)c2ccccc21. The van der Waals surface area contributed by atoms with Crippen LogP contribution in [0, 0.1) is 0 Å². The van der Waals surface area contributed by atoms with Crippen molar-refractivity contribution >= 4 is 28.7 Å². The Balaban J connectivity index is 2.27. The van der Waals surface area contributed by atoms with Crippen LogP contribution < -0.4 is 0 Å². The van der Waals surface area contributed by atoms with Crippen LogP contribution in [0.2, 0.25) is 0 Å². The molecule has 0 saturated carbocycles. The molecule has 0 amide bonds. The molecule has 1 aliphatic carbocycles. The lowest BCUT2D eigenvalue weighted by molar-refractivity contribution is 0.0992. The van der Waals surface area contributed by atoms with Crippen molar-refractivity contribution in [2.24, 2.45) is 0 Å². The lowest BCUT2D eigenvalue weighted by Crippen LogP contribution is -2.22. The van der Waals surface area contributed by atoms with E-state index in [2.05, 4.69) is 0 Å². The van der Waals surface area contributed by atoms with Crippen LogP contribution in [0.15, 0.2) is 60.2 Å². The fraction of sp³-hybridized carbons (Fsp3) is 0.0588. The highest BCUT2D eigenvalue weighted by atomic mass is 35.5. The van der Waals surface area contributed by atoms with Crippen LogP contribution >= 0.6 is 11.6 Å². The van der Waals surface area contributed by atoms with Gasteiger partial charge in [0.05, 0.1) is 5.88 Å². The average molecular weight is 283 g/mol. The topological polar surface area (TPSA) is 34.1 Å². The molecule has 0 bridgehead atoms. The van der Waals surface area contributed by atoms with E-state index in [4.69, 9.17) is 11.6 Å². The third-order valence-corrected chi connectivity index (χ3v) is 3.68. The van der Waals surface area contributed by atoms with E-state index in [1.807, 2.05) is 30.3 Å². The zero-order valence-corrected chi connectivity index (χ0v) is 11.4. The fourth-order valence-corrected chi connectivity index (χ4v) is 2.72. The summed E-state index contributed by atoms with van der Waals surface area (Å²) in [6.45, 7) is 0. The molecule has 0 heterocycles. The number of alkyl halides is 1. The van der Waals surface area contributed by atoms with Crippen molar-refractivity contribution in [1.82, 2.24) is 0 Å². The van der Waals surface area contributed by atoms with E-state index in [0.717, 1.165) is 5.56 Å². The number of fused-ring (bicyclic) bond motifs is 1. The van der Waals surface area contributed by atoms with Gasteiger partial charge in [-0.25, -0.2) is 0 Å². The molecule has 0 radical (unpaired) electrons. The summed E-state index contributed by atoms with van der Waals surface area (Å²) < 4.78 is 0. The molecule has 2 nitrogen and oxygen atoms in total. The van der Waals surface area contributed by atoms with Crippen LogP contribution in [-0.4, -0.2) is 17.4 Å². The third kappa shape index (κ3) is 1.89. The van der Waals surface area contributed by atoms with Crippen molar-refractivity contribution in [2.75, 3.05) is 5.88 Å². The number of benzene rings is 2. The van der Waals surface area contributed by atoms with Gasteiger partial charge in [0, 0.05) is 22.3 Å². The van der Waals surface area contributed by atoms with Gasteiger partial charge in [0.1, 0.15) is 0 Å². The fourth-order valence-electron chi connectivity index (χ4n) is 2.46. The molecule has 2 aromatic rings.